The van der Waals surface area contributed by atoms with Crippen LogP contribution in [0.3, 0.4) is 0 Å². The molecule has 17 heavy (non-hydrogen) atoms. The minimum Gasteiger partial charge on any atom is -0.381 e. The molecule has 4 heteroatoms. The first-order valence-electron chi connectivity index (χ1n) is 5.91. The maximum Gasteiger partial charge on any atom is 0.101 e. The number of nitrogens with one attached hydrogen (secondary N) is 1. The first kappa shape index (κ1) is 12.4. The van der Waals surface area contributed by atoms with Crippen molar-refractivity contribution in [2.45, 2.75) is 25.3 Å². The van der Waals surface area contributed by atoms with Crippen LogP contribution >= 0.6 is 15.9 Å². The van der Waals surface area contributed by atoms with Gasteiger partial charge in [-0.2, -0.15) is 5.26 Å². The van der Waals surface area contributed by atoms with Crippen molar-refractivity contribution >= 4 is 21.6 Å². The Labute approximate surface area is 110 Å². The fourth-order valence-corrected chi connectivity index (χ4v) is 2.80. The molecule has 0 aromatic heterocycles. The van der Waals surface area contributed by atoms with E-state index in [9.17, 15) is 0 Å². The normalized spacial score (nSPS) is 23.4. The summed E-state index contributed by atoms with van der Waals surface area (Å²) in [5.74, 6) is 0.528. The second kappa shape index (κ2) is 5.52. The number of anilines is 1. The molecule has 0 radical (unpaired) electrons. The number of hydrogen-bond donors (Lipinski definition) is 2. The average Bonchev–Trinajstić information content (AvgIpc) is 2.77. The van der Waals surface area contributed by atoms with Crippen molar-refractivity contribution in [2.24, 2.45) is 11.7 Å². The van der Waals surface area contributed by atoms with E-state index in [1.807, 2.05) is 18.2 Å². The van der Waals surface area contributed by atoms with Crippen LogP contribution in [0.2, 0.25) is 0 Å². The van der Waals surface area contributed by atoms with Crippen LogP contribution in [0.15, 0.2) is 22.7 Å². The summed E-state index contributed by atoms with van der Waals surface area (Å²) in [7, 11) is 0. The Kier molecular flexibility index (Phi) is 4.03. The summed E-state index contributed by atoms with van der Waals surface area (Å²) in [4.78, 5) is 0. The fourth-order valence-electron chi connectivity index (χ4n) is 2.44. The molecular formula is C13H16BrN3. The first-order valence-corrected chi connectivity index (χ1v) is 6.70. The molecule has 1 aliphatic rings. The molecule has 0 bridgehead atoms. The van der Waals surface area contributed by atoms with Crippen LogP contribution in [0.1, 0.15) is 24.8 Å². The molecule has 3 nitrogen and oxygen atoms in total. The van der Waals surface area contributed by atoms with E-state index in [0.29, 0.717) is 24.1 Å². The molecule has 0 heterocycles. The lowest BCUT2D eigenvalue weighted by Crippen LogP contribution is -2.29. The van der Waals surface area contributed by atoms with E-state index in [4.69, 9.17) is 11.0 Å². The van der Waals surface area contributed by atoms with Crippen molar-refractivity contribution < 1.29 is 0 Å². The van der Waals surface area contributed by atoms with Gasteiger partial charge in [-0.25, -0.2) is 0 Å². The predicted molar refractivity (Wildman–Crippen MR) is 72.7 cm³/mol. The summed E-state index contributed by atoms with van der Waals surface area (Å²) >= 11 is 3.43. The Morgan fingerprint density at radius 3 is 3.00 bits per heavy atom. The largest absolute Gasteiger partial charge is 0.381 e. The minimum absolute atomic E-state index is 0.404. The van der Waals surface area contributed by atoms with Gasteiger partial charge in [0.05, 0.1) is 11.3 Å². The maximum absolute atomic E-state index is 9.08. The van der Waals surface area contributed by atoms with Crippen molar-refractivity contribution in [1.82, 2.24) is 0 Å². The molecule has 90 valence electrons. The standard InChI is InChI=1S/C13H16BrN3/c14-11-5-4-10(8-16)13(6-11)17-12-3-1-2-9(12)7-15/h4-6,9,12,17H,1-3,7,15H2. The Morgan fingerprint density at radius 2 is 2.29 bits per heavy atom. The molecule has 1 aromatic carbocycles. The van der Waals surface area contributed by atoms with Gasteiger partial charge in [0.2, 0.25) is 0 Å². The van der Waals surface area contributed by atoms with Crippen molar-refractivity contribution in [1.29, 1.82) is 5.26 Å². The number of nitriles is 1. The number of hydrogen-bond acceptors (Lipinski definition) is 3. The molecule has 1 saturated carbocycles. The number of halogens is 1. The Morgan fingerprint density at radius 1 is 1.47 bits per heavy atom. The van der Waals surface area contributed by atoms with E-state index in [2.05, 4.69) is 27.3 Å². The predicted octanol–water partition coefficient (Wildman–Crippen LogP) is 2.86. The smallest absolute Gasteiger partial charge is 0.101 e. The third-order valence-corrected chi connectivity index (χ3v) is 3.90. The van der Waals surface area contributed by atoms with E-state index in [1.165, 1.54) is 12.8 Å². The van der Waals surface area contributed by atoms with E-state index in [-0.39, 0.29) is 0 Å². The number of rotatable bonds is 3. The van der Waals surface area contributed by atoms with Gasteiger partial charge >= 0.3 is 0 Å². The summed E-state index contributed by atoms with van der Waals surface area (Å²) < 4.78 is 0.987. The third-order valence-electron chi connectivity index (χ3n) is 3.40. The highest BCUT2D eigenvalue weighted by atomic mass is 79.9. The molecule has 0 amide bonds. The molecule has 0 aliphatic heterocycles. The molecule has 1 aliphatic carbocycles. The van der Waals surface area contributed by atoms with E-state index in [0.717, 1.165) is 16.6 Å². The number of nitrogens with two attached hydrogens (primary N) is 1. The van der Waals surface area contributed by atoms with Crippen molar-refractivity contribution in [2.75, 3.05) is 11.9 Å². The first-order chi connectivity index (χ1) is 8.24. The highest BCUT2D eigenvalue weighted by Gasteiger charge is 2.26. The van der Waals surface area contributed by atoms with Gasteiger partial charge in [-0.1, -0.05) is 22.4 Å². The van der Waals surface area contributed by atoms with E-state index >= 15 is 0 Å². The topological polar surface area (TPSA) is 61.8 Å². The van der Waals surface area contributed by atoms with Gasteiger partial charge in [0, 0.05) is 10.5 Å². The van der Waals surface area contributed by atoms with Crippen LogP contribution in [-0.4, -0.2) is 12.6 Å². The Bertz CT molecular complexity index is 439. The lowest BCUT2D eigenvalue weighted by molar-refractivity contribution is 0.516. The van der Waals surface area contributed by atoms with Crippen LogP contribution in [-0.2, 0) is 0 Å². The molecule has 2 rings (SSSR count). The highest BCUT2D eigenvalue weighted by Crippen LogP contribution is 2.30. The number of nitrogens with zero attached hydrogens (tertiary/aromatic N) is 1. The van der Waals surface area contributed by atoms with Crippen molar-refractivity contribution in [3.05, 3.63) is 28.2 Å². The zero-order valence-corrected chi connectivity index (χ0v) is 11.2. The van der Waals surface area contributed by atoms with Gasteiger partial charge < -0.3 is 11.1 Å². The third kappa shape index (κ3) is 2.80. The zero-order valence-electron chi connectivity index (χ0n) is 9.62. The van der Waals surface area contributed by atoms with Gasteiger partial charge in [0.1, 0.15) is 6.07 Å². The van der Waals surface area contributed by atoms with Gasteiger partial charge in [-0.15, -0.1) is 0 Å². The molecule has 1 aromatic rings. The van der Waals surface area contributed by atoms with Gasteiger partial charge in [0.25, 0.3) is 0 Å². The van der Waals surface area contributed by atoms with Gasteiger partial charge in [-0.05, 0) is 43.5 Å². The molecule has 0 spiro atoms. The van der Waals surface area contributed by atoms with E-state index in [1.54, 1.807) is 0 Å². The quantitative estimate of drug-likeness (QED) is 0.901. The Hall–Kier alpha value is -1.05. The summed E-state index contributed by atoms with van der Waals surface area (Å²) in [5, 5.41) is 12.5. The second-order valence-corrected chi connectivity index (χ2v) is 5.39. The molecule has 1 fully saturated rings. The van der Waals surface area contributed by atoms with Crippen LogP contribution < -0.4 is 11.1 Å². The summed E-state index contributed by atoms with van der Waals surface area (Å²) in [5.41, 5.74) is 7.36. The van der Waals surface area contributed by atoms with Gasteiger partial charge in [0.15, 0.2) is 0 Å². The summed E-state index contributed by atoms with van der Waals surface area (Å²) in [6.07, 6.45) is 3.54. The SMILES string of the molecule is N#Cc1ccc(Br)cc1NC1CCCC1CN. The summed E-state index contributed by atoms with van der Waals surface area (Å²) in [6.45, 7) is 0.716. The molecule has 2 unspecified atom stereocenters. The van der Waals surface area contributed by atoms with E-state index < -0.39 is 0 Å². The van der Waals surface area contributed by atoms with Crippen LogP contribution in [0.5, 0.6) is 0 Å². The maximum atomic E-state index is 9.08. The van der Waals surface area contributed by atoms with Crippen molar-refractivity contribution in [3.8, 4) is 6.07 Å². The molecule has 0 saturated heterocycles. The minimum atomic E-state index is 0.404. The highest BCUT2D eigenvalue weighted by molar-refractivity contribution is 9.10. The fraction of sp³-hybridized carbons (Fsp3) is 0.462. The van der Waals surface area contributed by atoms with Crippen LogP contribution in [0.25, 0.3) is 0 Å². The lowest BCUT2D eigenvalue weighted by Gasteiger charge is -2.21. The lowest BCUT2D eigenvalue weighted by atomic mass is 10.0. The molecular weight excluding hydrogens is 278 g/mol. The van der Waals surface area contributed by atoms with Crippen LogP contribution in [0.4, 0.5) is 5.69 Å². The molecule has 3 N–H and O–H groups in total. The van der Waals surface area contributed by atoms with Gasteiger partial charge in [-0.3, -0.25) is 0 Å². The summed E-state index contributed by atoms with van der Waals surface area (Å²) in [6, 6.07) is 8.30. The average molecular weight is 294 g/mol. The monoisotopic (exact) mass is 293 g/mol. The second-order valence-electron chi connectivity index (χ2n) is 4.48. The van der Waals surface area contributed by atoms with Crippen LogP contribution in [0, 0.1) is 17.2 Å². The van der Waals surface area contributed by atoms with Crippen molar-refractivity contribution in [3.63, 3.8) is 0 Å². The number of benzene rings is 1. The zero-order chi connectivity index (χ0) is 12.3. The molecule has 2 atom stereocenters. The Balaban J connectivity index is 2.18.